The van der Waals surface area contributed by atoms with Crippen LogP contribution in [0.3, 0.4) is 0 Å². The monoisotopic (exact) mass is 340 g/mol. The van der Waals surface area contributed by atoms with E-state index in [-0.39, 0.29) is 11.7 Å². The van der Waals surface area contributed by atoms with E-state index in [4.69, 9.17) is 14.0 Å². The number of aromatic nitrogens is 3. The normalized spacial score (nSPS) is 10.4. The summed E-state index contributed by atoms with van der Waals surface area (Å²) in [5.74, 6) is 0.465. The number of benzene rings is 1. The molecule has 0 spiro atoms. The number of halogens is 1. The number of hydrogen-bond donors (Lipinski definition) is 0. The van der Waals surface area contributed by atoms with Crippen LogP contribution in [0.4, 0.5) is 4.39 Å². The van der Waals surface area contributed by atoms with Crippen molar-refractivity contribution in [1.82, 2.24) is 15.1 Å². The van der Waals surface area contributed by atoms with Crippen LogP contribution in [0.2, 0.25) is 0 Å². The molecule has 0 aliphatic rings. The highest BCUT2D eigenvalue weighted by Crippen LogP contribution is 2.26. The van der Waals surface area contributed by atoms with Gasteiger partial charge in [0, 0.05) is 12.7 Å². The highest BCUT2D eigenvalue weighted by molar-refractivity contribution is 5.61. The summed E-state index contributed by atoms with van der Waals surface area (Å²) in [6.07, 6.45) is 1.07. The summed E-state index contributed by atoms with van der Waals surface area (Å²) in [6.45, 7) is 0.770. The van der Waals surface area contributed by atoms with Crippen LogP contribution in [0.15, 0.2) is 41.1 Å². The molecule has 0 saturated carbocycles. The van der Waals surface area contributed by atoms with E-state index in [0.717, 1.165) is 6.20 Å². The van der Waals surface area contributed by atoms with Crippen LogP contribution < -0.4 is 4.74 Å². The van der Waals surface area contributed by atoms with Gasteiger partial charge in [-0.2, -0.15) is 10.2 Å². The van der Waals surface area contributed by atoms with Crippen LogP contribution in [0.5, 0.6) is 5.75 Å². The third kappa shape index (κ3) is 3.97. The summed E-state index contributed by atoms with van der Waals surface area (Å²) in [5.41, 5.74) is 1.31. The Morgan fingerprint density at radius 3 is 2.84 bits per heavy atom. The lowest BCUT2D eigenvalue weighted by molar-refractivity contribution is 0.146. The number of ether oxygens (including phenoxy) is 2. The van der Waals surface area contributed by atoms with Gasteiger partial charge in [-0.25, -0.2) is 9.37 Å². The van der Waals surface area contributed by atoms with Crippen molar-refractivity contribution in [2.75, 3.05) is 20.3 Å². The Bertz CT molecular complexity index is 903. The molecule has 0 unspecified atom stereocenters. The lowest BCUT2D eigenvalue weighted by atomic mass is 10.1. The number of methoxy groups -OCH3 is 1. The topological polar surface area (TPSA) is 94.1 Å². The third-order valence-corrected chi connectivity index (χ3v) is 3.22. The van der Waals surface area contributed by atoms with E-state index < -0.39 is 5.82 Å². The molecule has 126 valence electrons. The van der Waals surface area contributed by atoms with Crippen molar-refractivity contribution in [3.05, 3.63) is 47.9 Å². The van der Waals surface area contributed by atoms with Gasteiger partial charge in [0.1, 0.15) is 23.9 Å². The average Bonchev–Trinajstić information content (AvgIpc) is 3.12. The number of nitriles is 1. The standard InChI is InChI=1S/C17H13FN4O3/c1-23-4-5-24-14-7-11(9-19)6-12(8-14)17-21-16(22-25-17)15-3-2-13(18)10-20-15/h2-3,6-8,10H,4-5H2,1H3. The minimum atomic E-state index is -0.452. The molecule has 25 heavy (non-hydrogen) atoms. The highest BCUT2D eigenvalue weighted by atomic mass is 19.1. The zero-order valence-electron chi connectivity index (χ0n) is 13.3. The second-order valence-electron chi connectivity index (χ2n) is 4.98. The summed E-state index contributed by atoms with van der Waals surface area (Å²) < 4.78 is 28.6. The Morgan fingerprint density at radius 2 is 2.12 bits per heavy atom. The molecular weight excluding hydrogens is 327 g/mol. The molecular formula is C17H13FN4O3. The lowest BCUT2D eigenvalue weighted by Crippen LogP contribution is -2.04. The SMILES string of the molecule is COCCOc1cc(C#N)cc(-c2nc(-c3ccc(F)cn3)no2)c1. The van der Waals surface area contributed by atoms with E-state index in [1.54, 1.807) is 25.3 Å². The second-order valence-corrected chi connectivity index (χ2v) is 4.98. The van der Waals surface area contributed by atoms with E-state index in [9.17, 15) is 9.65 Å². The fourth-order valence-corrected chi connectivity index (χ4v) is 2.07. The van der Waals surface area contributed by atoms with Crippen LogP contribution in [-0.2, 0) is 4.74 Å². The molecule has 2 aromatic heterocycles. The fourth-order valence-electron chi connectivity index (χ4n) is 2.07. The van der Waals surface area contributed by atoms with Gasteiger partial charge in [0.25, 0.3) is 5.89 Å². The van der Waals surface area contributed by atoms with Gasteiger partial charge >= 0.3 is 0 Å². The summed E-state index contributed by atoms with van der Waals surface area (Å²) in [7, 11) is 1.57. The summed E-state index contributed by atoms with van der Waals surface area (Å²) >= 11 is 0. The fraction of sp³-hybridized carbons (Fsp3) is 0.176. The highest BCUT2D eigenvalue weighted by Gasteiger charge is 2.14. The van der Waals surface area contributed by atoms with Gasteiger partial charge in [0.2, 0.25) is 5.82 Å². The van der Waals surface area contributed by atoms with E-state index in [0.29, 0.717) is 35.8 Å². The minimum Gasteiger partial charge on any atom is -0.491 e. The van der Waals surface area contributed by atoms with Crippen LogP contribution in [0, 0.1) is 17.1 Å². The predicted octanol–water partition coefficient (Wildman–Crippen LogP) is 2.83. The van der Waals surface area contributed by atoms with Gasteiger partial charge in [-0.15, -0.1) is 0 Å². The Labute approximate surface area is 142 Å². The Kier molecular flexibility index (Phi) is 4.97. The third-order valence-electron chi connectivity index (χ3n) is 3.22. The Hall–Kier alpha value is -3.31. The molecule has 0 N–H and O–H groups in total. The average molecular weight is 340 g/mol. The van der Waals surface area contributed by atoms with E-state index in [1.165, 1.54) is 12.1 Å². The molecule has 3 rings (SSSR count). The maximum Gasteiger partial charge on any atom is 0.258 e. The largest absolute Gasteiger partial charge is 0.491 e. The van der Waals surface area contributed by atoms with Crippen LogP contribution in [0.25, 0.3) is 23.0 Å². The van der Waals surface area contributed by atoms with Crippen molar-refractivity contribution in [3.63, 3.8) is 0 Å². The first kappa shape index (κ1) is 16.5. The zero-order valence-corrected chi connectivity index (χ0v) is 13.3. The van der Waals surface area contributed by atoms with Gasteiger partial charge in [0.05, 0.1) is 24.4 Å². The van der Waals surface area contributed by atoms with Crippen molar-refractivity contribution in [3.8, 4) is 34.8 Å². The molecule has 0 saturated heterocycles. The maximum atomic E-state index is 12.9. The second kappa shape index (κ2) is 7.51. The molecule has 0 radical (unpaired) electrons. The molecule has 0 aliphatic carbocycles. The summed E-state index contributed by atoms with van der Waals surface area (Å²) in [5, 5.41) is 13.0. The molecule has 3 aromatic rings. The molecule has 0 amide bonds. The van der Waals surface area contributed by atoms with E-state index >= 15 is 0 Å². The summed E-state index contributed by atoms with van der Waals surface area (Å²) in [6, 6.07) is 9.68. The predicted molar refractivity (Wildman–Crippen MR) is 85.0 cm³/mol. The number of rotatable bonds is 6. The first-order valence-electron chi connectivity index (χ1n) is 7.32. The molecule has 0 bridgehead atoms. The van der Waals surface area contributed by atoms with Crippen molar-refractivity contribution in [2.24, 2.45) is 0 Å². The van der Waals surface area contributed by atoms with Crippen molar-refractivity contribution >= 4 is 0 Å². The number of hydrogen-bond acceptors (Lipinski definition) is 7. The van der Waals surface area contributed by atoms with Gasteiger partial charge in [0.15, 0.2) is 0 Å². The van der Waals surface area contributed by atoms with Gasteiger partial charge in [-0.1, -0.05) is 5.16 Å². The Balaban J connectivity index is 1.89. The first-order chi connectivity index (χ1) is 12.2. The van der Waals surface area contributed by atoms with Crippen LogP contribution >= 0.6 is 0 Å². The molecule has 0 atom stereocenters. The first-order valence-corrected chi connectivity index (χ1v) is 7.32. The number of nitrogens with zero attached hydrogens (tertiary/aromatic N) is 4. The maximum absolute atomic E-state index is 12.9. The van der Waals surface area contributed by atoms with E-state index in [1.807, 2.05) is 0 Å². The zero-order chi connectivity index (χ0) is 17.6. The van der Waals surface area contributed by atoms with Crippen molar-refractivity contribution < 1.29 is 18.4 Å². The molecule has 0 aliphatic heterocycles. The van der Waals surface area contributed by atoms with Gasteiger partial charge in [-0.3, -0.25) is 0 Å². The lowest BCUT2D eigenvalue weighted by Gasteiger charge is -2.06. The van der Waals surface area contributed by atoms with Crippen molar-refractivity contribution in [2.45, 2.75) is 0 Å². The smallest absolute Gasteiger partial charge is 0.258 e. The van der Waals surface area contributed by atoms with Crippen molar-refractivity contribution in [1.29, 1.82) is 5.26 Å². The molecule has 7 nitrogen and oxygen atoms in total. The van der Waals surface area contributed by atoms with Crippen LogP contribution in [0.1, 0.15) is 5.56 Å². The van der Waals surface area contributed by atoms with Gasteiger partial charge < -0.3 is 14.0 Å². The van der Waals surface area contributed by atoms with E-state index in [2.05, 4.69) is 21.2 Å². The minimum absolute atomic E-state index is 0.204. The summed E-state index contributed by atoms with van der Waals surface area (Å²) in [4.78, 5) is 8.15. The molecule has 1 aromatic carbocycles. The van der Waals surface area contributed by atoms with Crippen LogP contribution in [-0.4, -0.2) is 35.4 Å². The number of pyridine rings is 1. The van der Waals surface area contributed by atoms with Gasteiger partial charge in [-0.05, 0) is 30.3 Å². The Morgan fingerprint density at radius 1 is 1.24 bits per heavy atom. The quantitative estimate of drug-likeness (QED) is 0.637. The molecule has 8 heteroatoms. The molecule has 2 heterocycles. The molecule has 0 fully saturated rings.